The van der Waals surface area contributed by atoms with Crippen LogP contribution in [0.5, 0.6) is 0 Å². The fourth-order valence-corrected chi connectivity index (χ4v) is 12.8. The number of hydrogen-bond acceptors (Lipinski definition) is 47. The Bertz CT molecular complexity index is 2560. The van der Waals surface area contributed by atoms with Gasteiger partial charge in [-0.25, -0.2) is 0 Å². The number of hydrogen-bond donors (Lipinski definition) is 31. The van der Waals surface area contributed by atoms with Crippen LogP contribution in [0.25, 0.3) is 0 Å². The summed E-state index contributed by atoms with van der Waals surface area (Å²) in [7, 11) is 0. The van der Waals surface area contributed by atoms with Crippen molar-refractivity contribution in [2.24, 2.45) is 0 Å². The first-order valence-corrected chi connectivity index (χ1v) is 31.5. The van der Waals surface area contributed by atoms with Crippen molar-refractivity contribution in [1.82, 2.24) is 0 Å². The van der Waals surface area contributed by atoms with Gasteiger partial charge in [0.1, 0.15) is 223 Å². The van der Waals surface area contributed by atoms with Gasteiger partial charge in [0, 0.05) is 0 Å². The second kappa shape index (κ2) is 33.9. The number of aliphatic hydroxyl groups excluding tert-OH is 31. The molecule has 101 heavy (non-hydrogen) atoms. The smallest absolute Gasteiger partial charge is 0.224 e. The normalized spacial score (nSPS) is 52.2. The topological polar surface area (TPSA) is 775 Å². The molecule has 0 aromatic rings. The molecule has 0 spiro atoms. The van der Waals surface area contributed by atoms with E-state index < -0.39 is 336 Å². The second-order valence-corrected chi connectivity index (χ2v) is 25.5. The molecule has 47 heteroatoms. The van der Waals surface area contributed by atoms with Gasteiger partial charge >= 0.3 is 0 Å². The molecule has 9 heterocycles. The maximum atomic E-state index is 11.3. The molecule has 38 atom stereocenters. The molecule has 592 valence electrons. The first kappa shape index (κ1) is 84.7. The summed E-state index contributed by atoms with van der Waals surface area (Å²) >= 11 is 0. The van der Waals surface area contributed by atoms with Gasteiger partial charge in [0.15, 0.2) is 12.6 Å². The summed E-state index contributed by atoms with van der Waals surface area (Å²) < 4.78 is 89.2. The summed E-state index contributed by atoms with van der Waals surface area (Å²) in [5, 5.41) is 320. The molecule has 38 unspecified atom stereocenters. The second-order valence-electron chi connectivity index (χ2n) is 25.5. The molecular weight excluding hydrogens is 1400 g/mol. The van der Waals surface area contributed by atoms with E-state index in [0.717, 1.165) is 0 Å². The first-order chi connectivity index (χ1) is 47.6. The van der Waals surface area contributed by atoms with Crippen LogP contribution in [0.3, 0.4) is 0 Å². The third-order valence-electron chi connectivity index (χ3n) is 19.2. The maximum absolute atomic E-state index is 11.3. The standard InChI is InChI=1S/C30H52O26.C24H42O21/c31-1-10-15(37)20(42)21(43)26(51-10)56-30(25(47)19(41)14(5-35)55-30)9-50-29(24(46)18(40)13(4-34)54-29)8-49-28(23(45)17(39)12(3-33)53-28)7-48-27(6-36)22(44)16(38)11(2-32)52-27;25-1-8-12(30)16(34)17(35)21(41-8)45-24(20(38)15(33)11(4-28)44-24)7-40-23(19(37)14(32)10(3-27)43-23)6-39-22(5-29)18(36)13(31)9(2-26)42-22/h10-26,31-47H,1-9H2;8-21,25-38H,1-7H2. The van der Waals surface area contributed by atoms with Gasteiger partial charge in [-0.1, -0.05) is 0 Å². The van der Waals surface area contributed by atoms with Crippen molar-refractivity contribution >= 4 is 0 Å². The fraction of sp³-hybridized carbons (Fsp3) is 1.00. The van der Waals surface area contributed by atoms with Gasteiger partial charge in [0.2, 0.25) is 40.5 Å². The zero-order chi connectivity index (χ0) is 75.0. The Morgan fingerprint density at radius 1 is 0.198 bits per heavy atom. The lowest BCUT2D eigenvalue weighted by Crippen LogP contribution is -2.63. The number of aliphatic hydroxyl groups is 31. The third-order valence-corrected chi connectivity index (χ3v) is 19.2. The van der Waals surface area contributed by atoms with Crippen molar-refractivity contribution in [3.8, 4) is 0 Å². The van der Waals surface area contributed by atoms with Crippen LogP contribution in [0.4, 0.5) is 0 Å². The lowest BCUT2D eigenvalue weighted by molar-refractivity contribution is -0.406. The van der Waals surface area contributed by atoms with E-state index >= 15 is 0 Å². The van der Waals surface area contributed by atoms with Crippen LogP contribution in [-0.2, 0) is 75.8 Å². The largest absolute Gasteiger partial charge is 0.394 e. The minimum Gasteiger partial charge on any atom is -0.394 e. The van der Waals surface area contributed by atoms with Gasteiger partial charge in [-0.05, 0) is 0 Å². The Labute approximate surface area is 568 Å². The van der Waals surface area contributed by atoms with Crippen LogP contribution in [0.1, 0.15) is 0 Å². The zero-order valence-electron chi connectivity index (χ0n) is 53.1. The molecule has 0 aliphatic carbocycles. The van der Waals surface area contributed by atoms with Crippen molar-refractivity contribution in [2.75, 3.05) is 106 Å². The Morgan fingerprint density at radius 3 is 0.584 bits per heavy atom. The highest BCUT2D eigenvalue weighted by atomic mass is 16.9. The monoisotopic (exact) mass is 1490 g/mol. The minimum atomic E-state index is -2.79. The summed E-state index contributed by atoms with van der Waals surface area (Å²) in [6.45, 7) is -16.4. The predicted molar refractivity (Wildman–Crippen MR) is 301 cm³/mol. The van der Waals surface area contributed by atoms with Crippen LogP contribution in [-0.4, -0.2) is 494 Å². The molecule has 31 N–H and O–H groups in total. The van der Waals surface area contributed by atoms with Crippen molar-refractivity contribution in [2.45, 2.75) is 230 Å². The zero-order valence-corrected chi connectivity index (χ0v) is 53.1. The summed E-state index contributed by atoms with van der Waals surface area (Å²) in [4.78, 5) is 0. The molecule has 9 fully saturated rings. The highest BCUT2D eigenvalue weighted by Crippen LogP contribution is 2.46. The minimum absolute atomic E-state index is 0.809. The van der Waals surface area contributed by atoms with Crippen LogP contribution in [0.15, 0.2) is 0 Å². The summed E-state index contributed by atoms with van der Waals surface area (Å²) in [5.74, 6) is -18.5. The van der Waals surface area contributed by atoms with Gasteiger partial charge < -0.3 is 234 Å². The molecule has 9 aliphatic rings. The molecule has 0 aromatic carbocycles. The molecular formula is C54H94O47. The Hall–Kier alpha value is -1.88. The summed E-state index contributed by atoms with van der Waals surface area (Å²) in [5.41, 5.74) is 0. The highest BCUT2D eigenvalue weighted by molar-refractivity contribution is 5.07. The molecule has 0 radical (unpaired) electrons. The molecule has 9 rings (SSSR count). The molecule has 9 saturated heterocycles. The van der Waals surface area contributed by atoms with Crippen molar-refractivity contribution in [3.05, 3.63) is 0 Å². The molecule has 0 aromatic heterocycles. The van der Waals surface area contributed by atoms with Crippen molar-refractivity contribution in [3.63, 3.8) is 0 Å². The van der Waals surface area contributed by atoms with E-state index in [4.69, 9.17) is 75.8 Å². The van der Waals surface area contributed by atoms with Crippen molar-refractivity contribution in [1.29, 1.82) is 0 Å². The van der Waals surface area contributed by atoms with Gasteiger partial charge in [0.25, 0.3) is 0 Å². The highest BCUT2D eigenvalue weighted by Gasteiger charge is 2.68. The molecule has 47 nitrogen and oxygen atoms in total. The van der Waals surface area contributed by atoms with E-state index in [2.05, 4.69) is 0 Å². The molecule has 0 bridgehead atoms. The van der Waals surface area contributed by atoms with Crippen LogP contribution >= 0.6 is 0 Å². The van der Waals surface area contributed by atoms with E-state index in [1.807, 2.05) is 0 Å². The van der Waals surface area contributed by atoms with E-state index in [1.165, 1.54) is 0 Å². The fourth-order valence-electron chi connectivity index (χ4n) is 12.8. The van der Waals surface area contributed by atoms with E-state index in [0.29, 0.717) is 0 Å². The van der Waals surface area contributed by atoms with Crippen LogP contribution in [0, 0.1) is 0 Å². The Balaban J connectivity index is 0.000000263. The average Bonchev–Trinajstić information content (AvgIpc) is 1.63. The number of rotatable bonds is 30. The summed E-state index contributed by atoms with van der Waals surface area (Å²) in [6, 6.07) is 0. The maximum Gasteiger partial charge on any atom is 0.224 e. The van der Waals surface area contributed by atoms with Crippen molar-refractivity contribution < 1.29 is 234 Å². The van der Waals surface area contributed by atoms with Gasteiger partial charge in [-0.2, -0.15) is 0 Å². The quantitative estimate of drug-likeness (QED) is 0.0318. The Kier molecular flexibility index (Phi) is 28.5. The average molecular weight is 1500 g/mol. The molecule has 9 aliphatic heterocycles. The molecule has 0 saturated carbocycles. The third kappa shape index (κ3) is 15.7. The van der Waals surface area contributed by atoms with Gasteiger partial charge in [-0.15, -0.1) is 0 Å². The lowest BCUT2D eigenvalue weighted by atomic mass is 9.99. The predicted octanol–water partition coefficient (Wildman–Crippen LogP) is -21.7. The van der Waals surface area contributed by atoms with Crippen LogP contribution in [0.2, 0.25) is 0 Å². The van der Waals surface area contributed by atoms with Gasteiger partial charge in [0.05, 0.1) is 59.5 Å². The Morgan fingerprint density at radius 2 is 0.376 bits per heavy atom. The van der Waals surface area contributed by atoms with E-state index in [-0.39, 0.29) is 0 Å². The first-order valence-electron chi connectivity index (χ1n) is 31.5. The SMILES string of the molecule is OCC1OC(OC2(COC3(COC4(CO)OC(CO)C(O)C4O)OC(CO)C(O)C3O)OC(CO)C(O)C2O)C(O)C(O)C1O.OCC1OC(OC2(COC3(COC4(COC5(CO)OC(CO)C(O)C5O)OC(CO)C(O)C4O)OC(CO)C(O)C3O)OC(CO)C(O)C2O)C(O)C(O)C1O. The summed E-state index contributed by atoms with van der Waals surface area (Å²) in [6.07, 6.45) is -58.2. The molecule has 0 amide bonds. The lowest BCUT2D eigenvalue weighted by Gasteiger charge is -2.45. The van der Waals surface area contributed by atoms with E-state index in [1.54, 1.807) is 0 Å². The van der Waals surface area contributed by atoms with Gasteiger partial charge in [-0.3, -0.25) is 0 Å². The van der Waals surface area contributed by atoms with Crippen LogP contribution < -0.4 is 0 Å². The number of ether oxygens (including phenoxy) is 16. The van der Waals surface area contributed by atoms with E-state index in [9.17, 15) is 158 Å².